The second-order valence-electron chi connectivity index (χ2n) is 2.52. The molecule has 1 heterocycles. The summed E-state index contributed by atoms with van der Waals surface area (Å²) in [6, 6.07) is 0. The predicted octanol–water partition coefficient (Wildman–Crippen LogP) is -0.563. The first kappa shape index (κ1) is 6.71. The second kappa shape index (κ2) is 1.78. The van der Waals surface area contributed by atoms with E-state index in [2.05, 4.69) is 5.32 Å². The van der Waals surface area contributed by atoms with Gasteiger partial charge in [-0.05, 0) is 21.0 Å². The third kappa shape index (κ3) is 0.767. The molecule has 9 heavy (non-hydrogen) atoms. The zero-order chi connectivity index (χ0) is 7.07. The van der Waals surface area contributed by atoms with Crippen molar-refractivity contribution in [2.75, 3.05) is 20.6 Å². The van der Waals surface area contributed by atoms with E-state index in [9.17, 15) is 4.79 Å². The molecule has 3 heteroatoms. The van der Waals surface area contributed by atoms with Crippen LogP contribution in [0.5, 0.6) is 0 Å². The lowest BCUT2D eigenvalue weighted by Crippen LogP contribution is -2.39. The first-order chi connectivity index (χ1) is 4.13. The molecule has 52 valence electrons. The molecule has 0 aromatic carbocycles. The molecule has 0 aromatic heterocycles. The molecule has 0 aliphatic carbocycles. The van der Waals surface area contributed by atoms with Gasteiger partial charge in [-0.25, -0.2) is 0 Å². The van der Waals surface area contributed by atoms with Crippen molar-refractivity contribution >= 4 is 5.78 Å². The number of ketones is 1. The third-order valence-corrected chi connectivity index (χ3v) is 2.01. The van der Waals surface area contributed by atoms with Gasteiger partial charge in [-0.2, -0.15) is 0 Å². The van der Waals surface area contributed by atoms with Gasteiger partial charge in [-0.15, -0.1) is 0 Å². The summed E-state index contributed by atoms with van der Waals surface area (Å²) < 4.78 is 0. The van der Waals surface area contributed by atoms with E-state index < -0.39 is 0 Å². The van der Waals surface area contributed by atoms with Crippen molar-refractivity contribution in [2.24, 2.45) is 0 Å². The van der Waals surface area contributed by atoms with Crippen molar-refractivity contribution in [1.29, 1.82) is 0 Å². The summed E-state index contributed by atoms with van der Waals surface area (Å²) in [5.74, 6) is 0.201. The number of hydrogen-bond acceptors (Lipinski definition) is 3. The van der Waals surface area contributed by atoms with Gasteiger partial charge in [-0.1, -0.05) is 0 Å². The zero-order valence-corrected chi connectivity index (χ0v) is 6.06. The minimum absolute atomic E-state index is 0.201. The maximum atomic E-state index is 10.9. The molecule has 0 saturated carbocycles. The molecule has 0 spiro atoms. The Balaban J connectivity index is 2.62. The number of rotatable bonds is 2. The van der Waals surface area contributed by atoms with Crippen molar-refractivity contribution < 1.29 is 4.79 Å². The highest BCUT2D eigenvalue weighted by molar-refractivity contribution is 5.88. The Kier molecular flexibility index (Phi) is 1.33. The lowest BCUT2D eigenvalue weighted by atomic mass is 10.2. The van der Waals surface area contributed by atoms with Crippen LogP contribution >= 0.6 is 0 Å². The van der Waals surface area contributed by atoms with Crippen LogP contribution in [-0.4, -0.2) is 37.0 Å². The van der Waals surface area contributed by atoms with Crippen LogP contribution in [0.1, 0.15) is 6.92 Å². The van der Waals surface area contributed by atoms with Crippen molar-refractivity contribution in [3.05, 3.63) is 0 Å². The first-order valence-electron chi connectivity index (χ1n) is 3.04. The maximum Gasteiger partial charge on any atom is 0.165 e. The van der Waals surface area contributed by atoms with Gasteiger partial charge in [0.15, 0.2) is 5.78 Å². The van der Waals surface area contributed by atoms with Gasteiger partial charge in [0.1, 0.15) is 5.66 Å². The van der Waals surface area contributed by atoms with Crippen molar-refractivity contribution in [3.8, 4) is 0 Å². The number of likely N-dealkylation sites (N-methyl/N-ethyl adjacent to an activating group) is 2. The van der Waals surface area contributed by atoms with Gasteiger partial charge in [-0.3, -0.25) is 15.0 Å². The molecule has 2 atom stereocenters. The fraction of sp³-hybridized carbons (Fsp3) is 0.833. The molecule has 3 nitrogen and oxygen atoms in total. The Morgan fingerprint density at radius 3 is 2.22 bits per heavy atom. The number of Topliss-reactive ketones (excluding diaryl/α,β-unsaturated/α-hetero) is 1. The summed E-state index contributed by atoms with van der Waals surface area (Å²) in [5.41, 5.74) is -0.306. The highest BCUT2D eigenvalue weighted by Gasteiger charge is 2.52. The molecule has 1 saturated heterocycles. The van der Waals surface area contributed by atoms with Gasteiger partial charge in [0.2, 0.25) is 0 Å². The summed E-state index contributed by atoms with van der Waals surface area (Å²) in [7, 11) is 3.74. The average Bonchev–Trinajstić information content (AvgIpc) is 2.43. The van der Waals surface area contributed by atoms with E-state index in [0.717, 1.165) is 6.54 Å². The molecule has 1 aliphatic heterocycles. The summed E-state index contributed by atoms with van der Waals surface area (Å²) >= 11 is 0. The Morgan fingerprint density at radius 1 is 1.78 bits per heavy atom. The molecule has 2 unspecified atom stereocenters. The quantitative estimate of drug-likeness (QED) is 0.506. The number of nitrogens with one attached hydrogen (secondary N) is 1. The van der Waals surface area contributed by atoms with Gasteiger partial charge < -0.3 is 0 Å². The van der Waals surface area contributed by atoms with E-state index in [1.54, 1.807) is 6.92 Å². The molecule has 1 aliphatic rings. The van der Waals surface area contributed by atoms with Crippen LogP contribution in [0.4, 0.5) is 0 Å². The molecule has 1 fully saturated rings. The minimum Gasteiger partial charge on any atom is -0.296 e. The van der Waals surface area contributed by atoms with Gasteiger partial charge >= 0.3 is 0 Å². The van der Waals surface area contributed by atoms with Crippen LogP contribution in [0.15, 0.2) is 0 Å². The second-order valence-corrected chi connectivity index (χ2v) is 2.52. The van der Waals surface area contributed by atoms with Crippen molar-refractivity contribution in [3.63, 3.8) is 0 Å². The lowest BCUT2D eigenvalue weighted by molar-refractivity contribution is -0.121. The largest absolute Gasteiger partial charge is 0.296 e. The summed E-state index contributed by atoms with van der Waals surface area (Å²) in [5, 5.41) is 2.98. The molecule has 0 radical (unpaired) electrons. The molecule has 0 aromatic rings. The fourth-order valence-electron chi connectivity index (χ4n) is 1.13. The highest BCUT2D eigenvalue weighted by Crippen LogP contribution is 2.26. The number of carbonyl (C=O) groups excluding carboxylic acids is 1. The zero-order valence-electron chi connectivity index (χ0n) is 6.06. The Bertz CT molecular complexity index is 142. The van der Waals surface area contributed by atoms with E-state index in [1.807, 2.05) is 19.0 Å². The van der Waals surface area contributed by atoms with E-state index in [4.69, 9.17) is 0 Å². The summed E-state index contributed by atoms with van der Waals surface area (Å²) in [6.07, 6.45) is 0. The molecule has 0 bridgehead atoms. The average molecular weight is 128 g/mol. The predicted molar refractivity (Wildman–Crippen MR) is 35.1 cm³/mol. The van der Waals surface area contributed by atoms with Crippen molar-refractivity contribution in [1.82, 2.24) is 10.2 Å². The van der Waals surface area contributed by atoms with Crippen LogP contribution in [0.3, 0.4) is 0 Å². The minimum atomic E-state index is -0.306. The summed E-state index contributed by atoms with van der Waals surface area (Å²) in [4.78, 5) is 12.8. The van der Waals surface area contributed by atoms with Crippen LogP contribution in [0.25, 0.3) is 0 Å². The molecular formula is C6H12N2O. The summed E-state index contributed by atoms with van der Waals surface area (Å²) in [6.45, 7) is 2.46. The molecule has 1 rings (SSSR count). The smallest absolute Gasteiger partial charge is 0.165 e. The van der Waals surface area contributed by atoms with Crippen LogP contribution in [0.2, 0.25) is 0 Å². The van der Waals surface area contributed by atoms with Crippen LogP contribution in [-0.2, 0) is 4.79 Å². The third-order valence-electron chi connectivity index (χ3n) is 2.01. The highest BCUT2D eigenvalue weighted by atomic mass is 16.1. The van der Waals surface area contributed by atoms with E-state index in [1.165, 1.54) is 0 Å². The normalized spacial score (nSPS) is 40.6. The molecule has 0 amide bonds. The Labute approximate surface area is 55.0 Å². The monoisotopic (exact) mass is 128 g/mol. The van der Waals surface area contributed by atoms with Gasteiger partial charge in [0, 0.05) is 6.54 Å². The SMILES string of the molecule is CNC1(C(C)=O)CN1C. The fourth-order valence-corrected chi connectivity index (χ4v) is 1.13. The Morgan fingerprint density at radius 2 is 2.22 bits per heavy atom. The lowest BCUT2D eigenvalue weighted by Gasteiger charge is -2.09. The van der Waals surface area contributed by atoms with Crippen LogP contribution in [0, 0.1) is 0 Å². The topological polar surface area (TPSA) is 32.1 Å². The van der Waals surface area contributed by atoms with Crippen molar-refractivity contribution in [2.45, 2.75) is 12.6 Å². The Hall–Kier alpha value is -0.410. The number of hydrogen-bond donors (Lipinski definition) is 1. The maximum absolute atomic E-state index is 10.9. The van der Waals surface area contributed by atoms with E-state index >= 15 is 0 Å². The van der Waals surface area contributed by atoms with E-state index in [0.29, 0.717) is 0 Å². The van der Waals surface area contributed by atoms with Gasteiger partial charge in [0.25, 0.3) is 0 Å². The molecular weight excluding hydrogens is 116 g/mol. The van der Waals surface area contributed by atoms with E-state index in [-0.39, 0.29) is 11.4 Å². The number of carbonyl (C=O) groups is 1. The first-order valence-corrected chi connectivity index (χ1v) is 3.04. The van der Waals surface area contributed by atoms with Crippen LogP contribution < -0.4 is 5.32 Å². The standard InChI is InChI=1S/C6H12N2O/c1-5(9)6(7-2)4-8(6)3/h7H,4H2,1-3H3. The number of nitrogens with zero attached hydrogens (tertiary/aromatic N) is 1. The van der Waals surface area contributed by atoms with Gasteiger partial charge in [0.05, 0.1) is 0 Å². The molecule has 1 N–H and O–H groups in total.